The second-order valence-electron chi connectivity index (χ2n) is 5.05. The minimum atomic E-state index is -0.878. The van der Waals surface area contributed by atoms with Crippen LogP contribution in [0.1, 0.15) is 13.3 Å². The van der Waals surface area contributed by atoms with Crippen LogP contribution in [0.15, 0.2) is 39.7 Å². The van der Waals surface area contributed by atoms with Crippen LogP contribution in [-0.4, -0.2) is 38.9 Å². The molecule has 0 aliphatic carbocycles. The first-order valence-electron chi connectivity index (χ1n) is 7.90. The van der Waals surface area contributed by atoms with Crippen LogP contribution in [0.25, 0.3) is 0 Å². The van der Waals surface area contributed by atoms with E-state index in [9.17, 15) is 24.0 Å². The van der Waals surface area contributed by atoms with Crippen LogP contribution in [0.2, 0.25) is 0 Å². The Balaban J connectivity index is 3.20. The second kappa shape index (κ2) is 9.97. The molecular weight excluding hydrogens is 346 g/mol. The minimum Gasteiger partial charge on any atom is -0.461 e. The zero-order chi connectivity index (χ0) is 19.7. The molecule has 10 nitrogen and oxygen atoms in total. The number of carbonyl (C=O) groups excluding carboxylic acids is 2. The smallest absolute Gasteiger partial charge is 0.336 e. The zero-order valence-corrected chi connectivity index (χ0v) is 14.5. The quantitative estimate of drug-likeness (QED) is 0.386. The highest BCUT2D eigenvalue weighted by Gasteiger charge is 2.15. The summed E-state index contributed by atoms with van der Waals surface area (Å²) in [6.45, 7) is 7.41. The maximum absolute atomic E-state index is 12.4. The van der Waals surface area contributed by atoms with Gasteiger partial charge in [-0.05, 0) is 6.42 Å². The van der Waals surface area contributed by atoms with Gasteiger partial charge < -0.3 is 9.47 Å². The Morgan fingerprint density at radius 2 is 1.15 bits per heavy atom. The Hall–Kier alpha value is -3.17. The molecular formula is C16H21N3O7. The third kappa shape index (κ3) is 5.16. The van der Waals surface area contributed by atoms with Crippen molar-refractivity contribution in [3.05, 3.63) is 56.8 Å². The van der Waals surface area contributed by atoms with Gasteiger partial charge in [-0.2, -0.15) is 0 Å². The number of aromatic nitrogens is 3. The lowest BCUT2D eigenvalue weighted by Gasteiger charge is -2.13. The van der Waals surface area contributed by atoms with Gasteiger partial charge in [0.2, 0.25) is 0 Å². The van der Waals surface area contributed by atoms with Crippen molar-refractivity contribution in [2.24, 2.45) is 0 Å². The SMILES string of the molecule is C=CC(=O)OCCn1c(=O)n(CCC)c(=O)n(CCOC(=O)C=C)c1=O. The van der Waals surface area contributed by atoms with Crippen LogP contribution >= 0.6 is 0 Å². The lowest BCUT2D eigenvalue weighted by Crippen LogP contribution is -2.55. The van der Waals surface area contributed by atoms with E-state index in [1.807, 2.05) is 0 Å². The Morgan fingerprint density at radius 3 is 1.46 bits per heavy atom. The van der Waals surface area contributed by atoms with Crippen molar-refractivity contribution in [2.45, 2.75) is 33.0 Å². The number of hydrogen-bond acceptors (Lipinski definition) is 7. The number of carbonyl (C=O) groups is 2. The van der Waals surface area contributed by atoms with Crippen molar-refractivity contribution in [2.75, 3.05) is 13.2 Å². The maximum atomic E-state index is 12.4. The second-order valence-corrected chi connectivity index (χ2v) is 5.05. The molecule has 0 radical (unpaired) electrons. The third-order valence-corrected chi connectivity index (χ3v) is 3.28. The van der Waals surface area contributed by atoms with Crippen LogP contribution in [0, 0.1) is 0 Å². The highest BCUT2D eigenvalue weighted by molar-refractivity contribution is 5.81. The molecule has 0 spiro atoms. The van der Waals surface area contributed by atoms with Gasteiger partial charge in [-0.15, -0.1) is 0 Å². The van der Waals surface area contributed by atoms with Crippen LogP contribution in [0.3, 0.4) is 0 Å². The molecule has 0 amide bonds. The van der Waals surface area contributed by atoms with Gasteiger partial charge >= 0.3 is 29.0 Å². The molecule has 0 aliphatic rings. The van der Waals surface area contributed by atoms with Crippen molar-refractivity contribution >= 4 is 11.9 Å². The summed E-state index contributed by atoms with van der Waals surface area (Å²) in [5, 5.41) is 0. The fraction of sp³-hybridized carbons (Fsp3) is 0.438. The van der Waals surface area contributed by atoms with Crippen LogP contribution in [-0.2, 0) is 38.7 Å². The molecule has 1 heterocycles. The monoisotopic (exact) mass is 367 g/mol. The van der Waals surface area contributed by atoms with E-state index >= 15 is 0 Å². The van der Waals surface area contributed by atoms with Crippen molar-refractivity contribution < 1.29 is 19.1 Å². The molecule has 0 unspecified atom stereocenters. The van der Waals surface area contributed by atoms with Gasteiger partial charge in [-0.1, -0.05) is 20.1 Å². The molecule has 0 fully saturated rings. The van der Waals surface area contributed by atoms with Gasteiger partial charge in [0, 0.05) is 18.7 Å². The first-order valence-corrected chi connectivity index (χ1v) is 7.90. The first kappa shape index (κ1) is 20.9. The summed E-state index contributed by atoms with van der Waals surface area (Å²) in [5.41, 5.74) is -2.47. The molecule has 0 saturated heterocycles. The predicted octanol–water partition coefficient (Wildman–Crippen LogP) is -0.960. The summed E-state index contributed by atoms with van der Waals surface area (Å²) >= 11 is 0. The summed E-state index contributed by atoms with van der Waals surface area (Å²) in [7, 11) is 0. The molecule has 142 valence electrons. The predicted molar refractivity (Wildman–Crippen MR) is 91.8 cm³/mol. The van der Waals surface area contributed by atoms with Gasteiger partial charge in [-0.25, -0.2) is 37.7 Å². The van der Waals surface area contributed by atoms with Crippen LogP contribution < -0.4 is 17.1 Å². The molecule has 1 rings (SSSR count). The van der Waals surface area contributed by atoms with Crippen molar-refractivity contribution in [3.63, 3.8) is 0 Å². The Morgan fingerprint density at radius 1 is 0.808 bits per heavy atom. The summed E-state index contributed by atoms with van der Waals surface area (Å²) < 4.78 is 12.0. The topological polar surface area (TPSA) is 119 Å². The number of hydrogen-bond donors (Lipinski definition) is 0. The van der Waals surface area contributed by atoms with Crippen molar-refractivity contribution in [1.29, 1.82) is 0 Å². The van der Waals surface area contributed by atoms with Crippen molar-refractivity contribution in [3.8, 4) is 0 Å². The highest BCUT2D eigenvalue weighted by Crippen LogP contribution is 1.86. The fourth-order valence-electron chi connectivity index (χ4n) is 2.07. The zero-order valence-electron chi connectivity index (χ0n) is 14.5. The molecule has 0 aromatic carbocycles. The normalized spacial score (nSPS) is 10.2. The molecule has 10 heteroatoms. The molecule has 26 heavy (non-hydrogen) atoms. The summed E-state index contributed by atoms with van der Waals surface area (Å²) in [4.78, 5) is 59.4. The summed E-state index contributed by atoms with van der Waals surface area (Å²) in [5.74, 6) is -1.40. The molecule has 0 saturated carbocycles. The lowest BCUT2D eigenvalue weighted by atomic mass is 10.5. The van der Waals surface area contributed by atoms with E-state index < -0.39 is 29.0 Å². The number of ether oxygens (including phenoxy) is 2. The van der Waals surface area contributed by atoms with Gasteiger partial charge in [0.15, 0.2) is 0 Å². The lowest BCUT2D eigenvalue weighted by molar-refractivity contribution is -0.138. The fourth-order valence-corrected chi connectivity index (χ4v) is 2.07. The Labute approximate surface area is 148 Å². The molecule has 0 aliphatic heterocycles. The van der Waals surface area contributed by atoms with Crippen LogP contribution in [0.5, 0.6) is 0 Å². The van der Waals surface area contributed by atoms with Gasteiger partial charge in [-0.3, -0.25) is 0 Å². The first-order chi connectivity index (χ1) is 12.4. The van der Waals surface area contributed by atoms with E-state index in [0.29, 0.717) is 6.42 Å². The average molecular weight is 367 g/mol. The molecule has 0 atom stereocenters. The van der Waals surface area contributed by atoms with E-state index in [0.717, 1.165) is 25.9 Å². The molecule has 0 N–H and O–H groups in total. The number of esters is 2. The van der Waals surface area contributed by atoms with E-state index in [1.165, 1.54) is 0 Å². The third-order valence-electron chi connectivity index (χ3n) is 3.28. The number of rotatable bonds is 10. The Bertz CT molecular complexity index is 796. The minimum absolute atomic E-state index is 0.108. The van der Waals surface area contributed by atoms with E-state index in [-0.39, 0.29) is 32.8 Å². The molecule has 1 aromatic rings. The van der Waals surface area contributed by atoms with Crippen molar-refractivity contribution in [1.82, 2.24) is 13.7 Å². The molecule has 1 aromatic heterocycles. The van der Waals surface area contributed by atoms with Gasteiger partial charge in [0.05, 0.1) is 13.1 Å². The summed E-state index contributed by atoms with van der Waals surface area (Å²) in [6.07, 6.45) is 2.39. The average Bonchev–Trinajstić information content (AvgIpc) is 2.63. The highest BCUT2D eigenvalue weighted by atomic mass is 16.5. The van der Waals surface area contributed by atoms with Gasteiger partial charge in [0.1, 0.15) is 13.2 Å². The Kier molecular flexibility index (Phi) is 8.00. The molecule has 0 bridgehead atoms. The van der Waals surface area contributed by atoms with Crippen LogP contribution in [0.4, 0.5) is 0 Å². The van der Waals surface area contributed by atoms with Gasteiger partial charge in [0.25, 0.3) is 0 Å². The maximum Gasteiger partial charge on any atom is 0.336 e. The van der Waals surface area contributed by atoms with E-state index in [4.69, 9.17) is 9.47 Å². The standard InChI is InChI=1S/C16H21N3O7/c1-4-7-17-14(22)18(8-10-25-12(20)5-2)16(24)19(15(17)23)9-11-26-13(21)6-3/h5-6H,2-4,7-11H2,1H3. The largest absolute Gasteiger partial charge is 0.461 e. The number of nitrogens with zero attached hydrogens (tertiary/aromatic N) is 3. The van der Waals surface area contributed by atoms with E-state index in [1.54, 1.807) is 6.92 Å². The van der Waals surface area contributed by atoms with E-state index in [2.05, 4.69) is 13.2 Å². The summed E-state index contributed by atoms with van der Waals surface area (Å²) in [6, 6.07) is 0.